The Morgan fingerprint density at radius 2 is 2.00 bits per heavy atom. The summed E-state index contributed by atoms with van der Waals surface area (Å²) in [5.74, 6) is -1.40. The summed E-state index contributed by atoms with van der Waals surface area (Å²) in [4.78, 5) is 0. The second-order valence-electron chi connectivity index (χ2n) is 2.69. The third kappa shape index (κ3) is 2.64. The van der Waals surface area contributed by atoms with Crippen LogP contribution in [0.1, 0.15) is 12.0 Å². The molecule has 1 aromatic rings. The molecule has 0 unspecified atom stereocenters. The van der Waals surface area contributed by atoms with E-state index in [-0.39, 0.29) is 11.6 Å². The summed E-state index contributed by atoms with van der Waals surface area (Å²) >= 11 is 5.58. The molecular weight excluding hydrogens is 198 g/mol. The molecule has 0 saturated heterocycles. The highest BCUT2D eigenvalue weighted by Gasteiger charge is 2.08. The maximum Gasteiger partial charge on any atom is 0.144 e. The van der Waals surface area contributed by atoms with Crippen LogP contribution in [0.15, 0.2) is 12.1 Å². The monoisotopic (exact) mass is 206 g/mol. The highest BCUT2D eigenvalue weighted by molar-refractivity contribution is 6.31. The second-order valence-corrected chi connectivity index (χ2v) is 3.07. The number of hydrogen-bond acceptors (Lipinski definition) is 1. The molecule has 0 atom stereocenters. The zero-order chi connectivity index (χ0) is 9.84. The molecule has 0 amide bonds. The Balaban J connectivity index is 2.92. The van der Waals surface area contributed by atoms with Gasteiger partial charge in [-0.1, -0.05) is 11.6 Å². The average Bonchev–Trinajstić information content (AvgIpc) is 2.09. The minimum Gasteiger partial charge on any atom is -0.396 e. The van der Waals surface area contributed by atoms with Gasteiger partial charge in [0.05, 0.1) is 5.02 Å². The molecule has 0 heterocycles. The fraction of sp³-hybridized carbons (Fsp3) is 0.333. The summed E-state index contributed by atoms with van der Waals surface area (Å²) in [6.07, 6.45) is 0.826. The highest BCUT2D eigenvalue weighted by Crippen LogP contribution is 2.22. The van der Waals surface area contributed by atoms with E-state index >= 15 is 0 Å². The highest BCUT2D eigenvalue weighted by atomic mass is 35.5. The number of rotatable bonds is 3. The van der Waals surface area contributed by atoms with Crippen molar-refractivity contribution >= 4 is 11.6 Å². The van der Waals surface area contributed by atoms with Gasteiger partial charge in [-0.25, -0.2) is 8.78 Å². The van der Waals surface area contributed by atoms with Crippen molar-refractivity contribution in [3.63, 3.8) is 0 Å². The summed E-state index contributed by atoms with van der Waals surface area (Å²) in [6.45, 7) is -0.0194. The molecule has 72 valence electrons. The lowest BCUT2D eigenvalue weighted by atomic mass is 10.1. The Kier molecular flexibility index (Phi) is 3.63. The van der Waals surface area contributed by atoms with Crippen LogP contribution >= 0.6 is 11.6 Å². The molecule has 1 nitrogen and oxygen atoms in total. The van der Waals surface area contributed by atoms with Crippen LogP contribution in [0.25, 0.3) is 0 Å². The number of aliphatic hydroxyl groups is 1. The standard InChI is InChI=1S/C9H9ClF2O/c10-9-6(2-1-3-13)4-7(11)5-8(9)12/h4-5,13H,1-3H2. The van der Waals surface area contributed by atoms with Crippen molar-refractivity contribution in [1.29, 1.82) is 0 Å². The normalized spacial score (nSPS) is 10.5. The number of aryl methyl sites for hydroxylation is 1. The SMILES string of the molecule is OCCCc1cc(F)cc(F)c1Cl. The van der Waals surface area contributed by atoms with E-state index in [1.165, 1.54) is 6.07 Å². The van der Waals surface area contributed by atoms with E-state index in [4.69, 9.17) is 16.7 Å². The van der Waals surface area contributed by atoms with Crippen molar-refractivity contribution in [1.82, 2.24) is 0 Å². The molecule has 0 radical (unpaired) electrons. The Morgan fingerprint density at radius 3 is 2.62 bits per heavy atom. The molecule has 0 aliphatic heterocycles. The molecule has 0 aliphatic carbocycles. The Morgan fingerprint density at radius 1 is 1.31 bits per heavy atom. The number of benzene rings is 1. The smallest absolute Gasteiger partial charge is 0.144 e. The van der Waals surface area contributed by atoms with Gasteiger partial charge in [-0.15, -0.1) is 0 Å². The predicted octanol–water partition coefficient (Wildman–Crippen LogP) is 2.54. The van der Waals surface area contributed by atoms with Crippen molar-refractivity contribution in [2.45, 2.75) is 12.8 Å². The van der Waals surface area contributed by atoms with Gasteiger partial charge in [0.15, 0.2) is 0 Å². The second kappa shape index (κ2) is 4.53. The van der Waals surface area contributed by atoms with Crippen LogP contribution in [-0.2, 0) is 6.42 Å². The summed E-state index contributed by atoms with van der Waals surface area (Å²) in [5, 5.41) is 8.47. The first kappa shape index (κ1) is 10.4. The molecule has 0 bridgehead atoms. The summed E-state index contributed by atoms with van der Waals surface area (Å²) in [5.41, 5.74) is 0.396. The Hall–Kier alpha value is -0.670. The summed E-state index contributed by atoms with van der Waals surface area (Å²) in [6, 6.07) is 1.92. The first-order valence-electron chi connectivity index (χ1n) is 3.89. The Labute approximate surface area is 80.0 Å². The van der Waals surface area contributed by atoms with Crippen LogP contribution in [0.2, 0.25) is 5.02 Å². The number of aliphatic hydroxyl groups excluding tert-OH is 1. The van der Waals surface area contributed by atoms with Crippen LogP contribution in [0.4, 0.5) is 8.78 Å². The van der Waals surface area contributed by atoms with E-state index in [9.17, 15) is 8.78 Å². The molecule has 1 aromatic carbocycles. The zero-order valence-electron chi connectivity index (χ0n) is 6.86. The van der Waals surface area contributed by atoms with Crippen LogP contribution < -0.4 is 0 Å². The minimum absolute atomic E-state index is 0.0194. The van der Waals surface area contributed by atoms with Crippen LogP contribution in [-0.4, -0.2) is 11.7 Å². The summed E-state index contributed by atoms with van der Waals surface area (Å²) in [7, 11) is 0. The van der Waals surface area contributed by atoms with Crippen molar-refractivity contribution in [3.05, 3.63) is 34.4 Å². The van der Waals surface area contributed by atoms with Crippen molar-refractivity contribution in [2.24, 2.45) is 0 Å². The Bertz CT molecular complexity index is 302. The van der Waals surface area contributed by atoms with Gasteiger partial charge in [-0.2, -0.15) is 0 Å². The lowest BCUT2D eigenvalue weighted by Gasteiger charge is -2.03. The number of hydrogen-bond donors (Lipinski definition) is 1. The lowest BCUT2D eigenvalue weighted by Crippen LogP contribution is -1.94. The molecule has 4 heteroatoms. The van der Waals surface area contributed by atoms with E-state index in [0.29, 0.717) is 18.4 Å². The maximum absolute atomic E-state index is 12.8. The van der Waals surface area contributed by atoms with Crippen molar-refractivity contribution in [2.75, 3.05) is 6.61 Å². The van der Waals surface area contributed by atoms with Gasteiger partial charge in [-0.05, 0) is 24.5 Å². The first-order chi connectivity index (χ1) is 6.15. The topological polar surface area (TPSA) is 20.2 Å². The van der Waals surface area contributed by atoms with E-state index < -0.39 is 11.6 Å². The van der Waals surface area contributed by atoms with Gasteiger partial charge in [-0.3, -0.25) is 0 Å². The third-order valence-corrected chi connectivity index (χ3v) is 2.10. The van der Waals surface area contributed by atoms with E-state index in [0.717, 1.165) is 6.07 Å². The molecule has 0 aromatic heterocycles. The van der Waals surface area contributed by atoms with Gasteiger partial charge in [0.2, 0.25) is 0 Å². The minimum atomic E-state index is -0.755. The van der Waals surface area contributed by atoms with E-state index in [2.05, 4.69) is 0 Å². The zero-order valence-corrected chi connectivity index (χ0v) is 7.61. The fourth-order valence-corrected chi connectivity index (χ4v) is 1.26. The van der Waals surface area contributed by atoms with Gasteiger partial charge < -0.3 is 5.11 Å². The molecule has 0 spiro atoms. The number of halogens is 3. The molecule has 1 N–H and O–H groups in total. The van der Waals surface area contributed by atoms with Crippen LogP contribution in [0.3, 0.4) is 0 Å². The largest absolute Gasteiger partial charge is 0.396 e. The van der Waals surface area contributed by atoms with Crippen LogP contribution in [0, 0.1) is 11.6 Å². The maximum atomic E-state index is 12.8. The lowest BCUT2D eigenvalue weighted by molar-refractivity contribution is 0.288. The first-order valence-corrected chi connectivity index (χ1v) is 4.27. The molecule has 0 saturated carbocycles. The molecule has 13 heavy (non-hydrogen) atoms. The quantitative estimate of drug-likeness (QED) is 0.754. The van der Waals surface area contributed by atoms with Crippen molar-refractivity contribution < 1.29 is 13.9 Å². The average molecular weight is 207 g/mol. The van der Waals surface area contributed by atoms with Gasteiger partial charge in [0.25, 0.3) is 0 Å². The predicted molar refractivity (Wildman–Crippen MR) is 46.8 cm³/mol. The molecular formula is C9H9ClF2O. The molecule has 0 fully saturated rings. The van der Waals surface area contributed by atoms with Crippen molar-refractivity contribution in [3.8, 4) is 0 Å². The van der Waals surface area contributed by atoms with Crippen LogP contribution in [0.5, 0.6) is 0 Å². The summed E-state index contributed by atoms with van der Waals surface area (Å²) < 4.78 is 25.5. The van der Waals surface area contributed by atoms with Gasteiger partial charge in [0.1, 0.15) is 11.6 Å². The molecule has 0 aliphatic rings. The van der Waals surface area contributed by atoms with Gasteiger partial charge >= 0.3 is 0 Å². The van der Waals surface area contributed by atoms with E-state index in [1.807, 2.05) is 0 Å². The molecule has 1 rings (SSSR count). The van der Waals surface area contributed by atoms with Gasteiger partial charge in [0, 0.05) is 12.7 Å². The fourth-order valence-electron chi connectivity index (χ4n) is 1.06. The van der Waals surface area contributed by atoms with E-state index in [1.54, 1.807) is 0 Å². The third-order valence-electron chi connectivity index (χ3n) is 1.67.